The third kappa shape index (κ3) is 2.18. The fraction of sp³-hybridized carbons (Fsp3) is 0.273. The SMILES string of the molecule is CC(C)=NN=c1sc2ccc(Cl)cc2n1C. The van der Waals surface area contributed by atoms with Gasteiger partial charge in [-0.1, -0.05) is 22.9 Å². The van der Waals surface area contributed by atoms with E-state index < -0.39 is 0 Å². The van der Waals surface area contributed by atoms with Crippen LogP contribution in [0.1, 0.15) is 13.8 Å². The molecule has 84 valence electrons. The van der Waals surface area contributed by atoms with Gasteiger partial charge >= 0.3 is 0 Å². The number of fused-ring (bicyclic) bond motifs is 1. The predicted octanol–water partition coefficient (Wildman–Crippen LogP) is 3.19. The number of hydrogen-bond acceptors (Lipinski definition) is 3. The summed E-state index contributed by atoms with van der Waals surface area (Å²) in [5, 5.41) is 9.01. The molecule has 0 amide bonds. The van der Waals surface area contributed by atoms with Gasteiger partial charge in [0.05, 0.1) is 10.2 Å². The highest BCUT2D eigenvalue weighted by molar-refractivity contribution is 7.16. The normalized spacial score (nSPS) is 12.1. The number of nitrogens with zero attached hydrogens (tertiary/aromatic N) is 3. The third-order valence-electron chi connectivity index (χ3n) is 2.11. The van der Waals surface area contributed by atoms with E-state index in [2.05, 4.69) is 10.2 Å². The Labute approximate surface area is 103 Å². The van der Waals surface area contributed by atoms with Crippen LogP contribution in [0.5, 0.6) is 0 Å². The van der Waals surface area contributed by atoms with E-state index in [0.717, 1.165) is 25.8 Å². The summed E-state index contributed by atoms with van der Waals surface area (Å²) in [4.78, 5) is 0.874. The Morgan fingerprint density at radius 2 is 2.12 bits per heavy atom. The zero-order valence-electron chi connectivity index (χ0n) is 9.36. The second-order valence-electron chi connectivity index (χ2n) is 3.70. The summed E-state index contributed by atoms with van der Waals surface area (Å²) in [7, 11) is 1.97. The maximum Gasteiger partial charge on any atom is 0.211 e. The summed E-state index contributed by atoms with van der Waals surface area (Å²) in [5.74, 6) is 0. The summed E-state index contributed by atoms with van der Waals surface area (Å²) in [5.41, 5.74) is 2.02. The van der Waals surface area contributed by atoms with Gasteiger partial charge in [0.1, 0.15) is 0 Å². The molecular weight excluding hydrogens is 242 g/mol. The lowest BCUT2D eigenvalue weighted by Gasteiger charge is -1.94. The standard InChI is InChI=1S/C11H12ClN3S/c1-7(2)13-14-11-15(3)9-6-8(12)4-5-10(9)16-11/h4-6H,1-3H3. The van der Waals surface area contributed by atoms with Crippen molar-refractivity contribution >= 4 is 38.9 Å². The highest BCUT2D eigenvalue weighted by atomic mass is 35.5. The quantitative estimate of drug-likeness (QED) is 0.552. The number of benzene rings is 1. The van der Waals surface area contributed by atoms with Crippen molar-refractivity contribution in [2.45, 2.75) is 13.8 Å². The zero-order valence-corrected chi connectivity index (χ0v) is 10.9. The molecule has 0 fully saturated rings. The second kappa shape index (κ2) is 4.39. The topological polar surface area (TPSA) is 29.6 Å². The molecule has 0 atom stereocenters. The number of aromatic nitrogens is 1. The van der Waals surface area contributed by atoms with Crippen LogP contribution >= 0.6 is 22.9 Å². The molecule has 0 unspecified atom stereocenters. The molecule has 0 aliphatic heterocycles. The van der Waals surface area contributed by atoms with Gasteiger partial charge in [-0.2, -0.15) is 5.10 Å². The van der Waals surface area contributed by atoms with Crippen LogP contribution in [0.4, 0.5) is 0 Å². The van der Waals surface area contributed by atoms with Crippen LogP contribution in [0.25, 0.3) is 10.2 Å². The molecule has 0 aliphatic rings. The minimum Gasteiger partial charge on any atom is -0.318 e. The predicted molar refractivity (Wildman–Crippen MR) is 70.2 cm³/mol. The number of halogens is 1. The number of thiazole rings is 1. The number of rotatable bonds is 1. The average Bonchev–Trinajstić information content (AvgIpc) is 2.53. The van der Waals surface area contributed by atoms with E-state index in [-0.39, 0.29) is 0 Å². The fourth-order valence-electron chi connectivity index (χ4n) is 1.34. The zero-order chi connectivity index (χ0) is 11.7. The van der Waals surface area contributed by atoms with E-state index in [1.54, 1.807) is 11.3 Å². The van der Waals surface area contributed by atoms with E-state index in [1.165, 1.54) is 0 Å². The van der Waals surface area contributed by atoms with Crippen LogP contribution < -0.4 is 4.80 Å². The van der Waals surface area contributed by atoms with Crippen LogP contribution in [-0.2, 0) is 7.05 Å². The molecule has 0 bridgehead atoms. The van der Waals surface area contributed by atoms with Gasteiger partial charge in [0.15, 0.2) is 0 Å². The molecular formula is C11H12ClN3S. The lowest BCUT2D eigenvalue weighted by atomic mass is 10.3. The summed E-state index contributed by atoms with van der Waals surface area (Å²) >= 11 is 7.57. The van der Waals surface area contributed by atoms with Crippen molar-refractivity contribution in [3.05, 3.63) is 28.0 Å². The first kappa shape index (κ1) is 11.4. The van der Waals surface area contributed by atoms with Gasteiger partial charge in [-0.25, -0.2) is 0 Å². The first-order valence-electron chi connectivity index (χ1n) is 4.88. The van der Waals surface area contributed by atoms with Crippen molar-refractivity contribution in [1.29, 1.82) is 0 Å². The van der Waals surface area contributed by atoms with Gasteiger partial charge in [-0.05, 0) is 32.0 Å². The molecule has 0 saturated heterocycles. The lowest BCUT2D eigenvalue weighted by Crippen LogP contribution is -2.09. The van der Waals surface area contributed by atoms with Gasteiger partial charge in [-0.15, -0.1) is 5.10 Å². The smallest absolute Gasteiger partial charge is 0.211 e. The maximum atomic E-state index is 5.96. The molecule has 1 aromatic heterocycles. The van der Waals surface area contributed by atoms with Gasteiger partial charge in [-0.3, -0.25) is 0 Å². The van der Waals surface area contributed by atoms with Crippen LogP contribution in [0.2, 0.25) is 5.02 Å². The van der Waals surface area contributed by atoms with Crippen LogP contribution in [0.3, 0.4) is 0 Å². The van der Waals surface area contributed by atoms with Gasteiger partial charge in [0, 0.05) is 17.8 Å². The van der Waals surface area contributed by atoms with E-state index in [0.29, 0.717) is 0 Å². The fourth-order valence-corrected chi connectivity index (χ4v) is 2.46. The Hall–Kier alpha value is -1.13. The Morgan fingerprint density at radius 1 is 1.38 bits per heavy atom. The first-order valence-corrected chi connectivity index (χ1v) is 6.07. The monoisotopic (exact) mass is 253 g/mol. The summed E-state index contributed by atoms with van der Waals surface area (Å²) in [6, 6.07) is 5.83. The molecule has 0 spiro atoms. The van der Waals surface area contributed by atoms with E-state index in [9.17, 15) is 0 Å². The van der Waals surface area contributed by atoms with Crippen LogP contribution in [0.15, 0.2) is 28.4 Å². The van der Waals surface area contributed by atoms with Crippen molar-refractivity contribution < 1.29 is 0 Å². The minimum atomic E-state index is 0.739. The molecule has 1 heterocycles. The van der Waals surface area contributed by atoms with Gasteiger partial charge < -0.3 is 4.57 Å². The average molecular weight is 254 g/mol. The van der Waals surface area contributed by atoms with Crippen LogP contribution in [0, 0.1) is 0 Å². The molecule has 0 radical (unpaired) electrons. The number of aryl methyl sites for hydroxylation is 1. The molecule has 3 nitrogen and oxygen atoms in total. The van der Waals surface area contributed by atoms with Gasteiger partial charge in [0.25, 0.3) is 0 Å². The molecule has 0 aliphatic carbocycles. The lowest BCUT2D eigenvalue weighted by molar-refractivity contribution is 0.888. The van der Waals surface area contributed by atoms with Crippen molar-refractivity contribution in [3.63, 3.8) is 0 Å². The minimum absolute atomic E-state index is 0.739. The Morgan fingerprint density at radius 3 is 2.81 bits per heavy atom. The van der Waals surface area contributed by atoms with E-state index >= 15 is 0 Å². The van der Waals surface area contributed by atoms with E-state index in [4.69, 9.17) is 11.6 Å². The van der Waals surface area contributed by atoms with Gasteiger partial charge in [0.2, 0.25) is 4.80 Å². The molecule has 5 heteroatoms. The largest absolute Gasteiger partial charge is 0.318 e. The van der Waals surface area contributed by atoms with Crippen molar-refractivity contribution in [2.24, 2.45) is 17.3 Å². The summed E-state index contributed by atoms with van der Waals surface area (Å²) < 4.78 is 3.16. The summed E-state index contributed by atoms with van der Waals surface area (Å²) in [6.07, 6.45) is 0. The third-order valence-corrected chi connectivity index (χ3v) is 3.44. The molecule has 2 aromatic rings. The highest BCUT2D eigenvalue weighted by Gasteiger charge is 2.02. The summed E-state index contributed by atoms with van der Waals surface area (Å²) in [6.45, 7) is 3.85. The first-order chi connectivity index (χ1) is 7.58. The van der Waals surface area contributed by atoms with Crippen molar-refractivity contribution in [2.75, 3.05) is 0 Å². The second-order valence-corrected chi connectivity index (χ2v) is 5.15. The van der Waals surface area contributed by atoms with Crippen LogP contribution in [-0.4, -0.2) is 10.3 Å². The molecule has 2 rings (SSSR count). The molecule has 1 aromatic carbocycles. The Balaban J connectivity index is 2.70. The molecule has 16 heavy (non-hydrogen) atoms. The maximum absolute atomic E-state index is 5.96. The van der Waals surface area contributed by atoms with Crippen molar-refractivity contribution in [3.8, 4) is 0 Å². The highest BCUT2D eigenvalue weighted by Crippen LogP contribution is 2.20. The van der Waals surface area contributed by atoms with E-state index in [1.807, 2.05) is 43.7 Å². The Kier molecular flexibility index (Phi) is 3.12. The molecule has 0 saturated carbocycles. The van der Waals surface area contributed by atoms with Crippen molar-refractivity contribution in [1.82, 2.24) is 4.57 Å². The Bertz CT molecular complexity index is 618. The molecule has 0 N–H and O–H groups in total. The number of hydrogen-bond donors (Lipinski definition) is 0.